The van der Waals surface area contributed by atoms with E-state index in [1.165, 1.54) is 0 Å². The van der Waals surface area contributed by atoms with Crippen LogP contribution in [0.1, 0.15) is 27.8 Å². The lowest BCUT2D eigenvalue weighted by molar-refractivity contribution is 0.878. The molecular weight excluding hydrogens is 531 g/mol. The number of aryl methyl sites for hydroxylation is 1. The maximum absolute atomic E-state index is 9.53. The molecule has 0 heterocycles. The number of nitrogens with zero attached hydrogens (tertiary/aromatic N) is 3. The van der Waals surface area contributed by atoms with Gasteiger partial charge >= 0.3 is 0 Å². The van der Waals surface area contributed by atoms with Crippen molar-refractivity contribution in [3.63, 3.8) is 0 Å². The van der Waals surface area contributed by atoms with Crippen molar-refractivity contribution in [2.24, 2.45) is 0 Å². The van der Waals surface area contributed by atoms with Crippen molar-refractivity contribution in [2.45, 2.75) is 16.7 Å². The Balaban J connectivity index is 1.47. The van der Waals surface area contributed by atoms with Crippen molar-refractivity contribution in [3.05, 3.63) is 113 Å². The first-order valence-corrected chi connectivity index (χ1v) is 14.9. The fourth-order valence-electron chi connectivity index (χ4n) is 4.19. The number of nitriles is 2. The van der Waals surface area contributed by atoms with Crippen LogP contribution in [0.4, 0.5) is 17.1 Å². The zero-order valence-electron chi connectivity index (χ0n) is 22.4. The van der Waals surface area contributed by atoms with E-state index in [4.69, 9.17) is 11.5 Å². The number of nitrogens with two attached hydrogens (primary N) is 2. The van der Waals surface area contributed by atoms with E-state index in [0.717, 1.165) is 68.1 Å². The molecule has 0 aliphatic heterocycles. The second kappa shape index (κ2) is 14.2. The zero-order valence-corrected chi connectivity index (χ0v) is 24.0. The SMILES string of the molecule is Cc1cc(C#N)c(/C=C/c2ccc(N(CCSc3ccccc3N)CCSc3ccccc3N)cc2)cc1C#N. The van der Waals surface area contributed by atoms with E-state index in [0.29, 0.717) is 11.1 Å². The molecule has 0 saturated heterocycles. The maximum Gasteiger partial charge on any atom is 0.0998 e. The highest BCUT2D eigenvalue weighted by Crippen LogP contribution is 2.28. The molecule has 0 amide bonds. The molecule has 200 valence electrons. The van der Waals surface area contributed by atoms with Crippen LogP contribution in [0.3, 0.4) is 0 Å². The second-order valence-corrected chi connectivity index (χ2v) is 11.4. The van der Waals surface area contributed by atoms with Crippen molar-refractivity contribution in [2.75, 3.05) is 41.0 Å². The van der Waals surface area contributed by atoms with Gasteiger partial charge in [0.15, 0.2) is 0 Å². The molecule has 4 rings (SSSR count). The second-order valence-electron chi connectivity index (χ2n) is 9.16. The normalized spacial score (nSPS) is 10.8. The van der Waals surface area contributed by atoms with E-state index >= 15 is 0 Å². The Bertz CT molecular complexity index is 1510. The molecule has 0 bridgehead atoms. The summed E-state index contributed by atoms with van der Waals surface area (Å²) >= 11 is 3.53. The van der Waals surface area contributed by atoms with Crippen LogP contribution >= 0.6 is 23.5 Å². The maximum atomic E-state index is 9.53. The minimum Gasteiger partial charge on any atom is -0.398 e. The lowest BCUT2D eigenvalue weighted by atomic mass is 9.99. The summed E-state index contributed by atoms with van der Waals surface area (Å²) in [4.78, 5) is 4.59. The van der Waals surface area contributed by atoms with Gasteiger partial charge in [0.25, 0.3) is 0 Å². The Morgan fingerprint density at radius 1 is 0.725 bits per heavy atom. The number of anilines is 3. The molecule has 0 aromatic heterocycles. The number of nitrogen functional groups attached to an aromatic ring is 2. The van der Waals surface area contributed by atoms with E-state index in [1.807, 2.05) is 55.5 Å². The van der Waals surface area contributed by atoms with Crippen LogP contribution < -0.4 is 16.4 Å². The number of hydrogen-bond donors (Lipinski definition) is 2. The van der Waals surface area contributed by atoms with Crippen molar-refractivity contribution in [1.29, 1.82) is 10.5 Å². The number of rotatable bonds is 11. The summed E-state index contributed by atoms with van der Waals surface area (Å²) in [6, 6.07) is 32.3. The molecule has 0 spiro atoms. The predicted molar refractivity (Wildman–Crippen MR) is 171 cm³/mol. The molecule has 0 atom stereocenters. The average Bonchev–Trinajstić information content (AvgIpc) is 2.97. The molecule has 0 unspecified atom stereocenters. The molecule has 0 fully saturated rings. The summed E-state index contributed by atoms with van der Waals surface area (Å²) in [5.74, 6) is 1.80. The Labute approximate surface area is 245 Å². The van der Waals surface area contributed by atoms with Crippen molar-refractivity contribution in [1.82, 2.24) is 0 Å². The highest BCUT2D eigenvalue weighted by molar-refractivity contribution is 7.99. The summed E-state index contributed by atoms with van der Waals surface area (Å²) in [5.41, 5.74) is 18.7. The third-order valence-corrected chi connectivity index (χ3v) is 8.57. The average molecular weight is 562 g/mol. The summed E-state index contributed by atoms with van der Waals surface area (Å²) in [7, 11) is 0. The van der Waals surface area contributed by atoms with Crippen LogP contribution in [0.25, 0.3) is 12.2 Å². The molecule has 4 N–H and O–H groups in total. The van der Waals surface area contributed by atoms with Crippen LogP contribution in [0.2, 0.25) is 0 Å². The summed E-state index contributed by atoms with van der Waals surface area (Å²) in [6.45, 7) is 3.58. The first-order chi connectivity index (χ1) is 19.5. The van der Waals surface area contributed by atoms with Crippen LogP contribution in [-0.2, 0) is 0 Å². The topological polar surface area (TPSA) is 103 Å². The monoisotopic (exact) mass is 561 g/mol. The van der Waals surface area contributed by atoms with Gasteiger partial charge in [-0.25, -0.2) is 0 Å². The van der Waals surface area contributed by atoms with Gasteiger partial charge in [-0.15, -0.1) is 23.5 Å². The summed E-state index contributed by atoms with van der Waals surface area (Å²) in [5, 5.41) is 18.9. The third-order valence-electron chi connectivity index (χ3n) is 6.43. The molecular formula is C33H31N5S2. The van der Waals surface area contributed by atoms with Crippen molar-refractivity contribution >= 4 is 52.7 Å². The van der Waals surface area contributed by atoms with E-state index in [1.54, 1.807) is 35.7 Å². The van der Waals surface area contributed by atoms with Gasteiger partial charge < -0.3 is 16.4 Å². The molecule has 0 radical (unpaired) electrons. The highest BCUT2D eigenvalue weighted by atomic mass is 32.2. The van der Waals surface area contributed by atoms with Gasteiger partial charge in [-0.2, -0.15) is 10.5 Å². The molecule has 0 aliphatic carbocycles. The number of hydrogen-bond acceptors (Lipinski definition) is 7. The van der Waals surface area contributed by atoms with Gasteiger partial charge in [0.05, 0.1) is 23.3 Å². The molecule has 4 aromatic carbocycles. The standard InChI is InChI=1S/C33H31N5S2/c1-24-20-28(23-35)26(21-27(24)22-34)13-10-25-11-14-29(15-12-25)38(16-18-39-32-8-4-2-6-30(32)36)17-19-40-33-9-5-3-7-31(33)37/h2-15,20-21H,16-19,36-37H2,1H3/b13-10+. The Morgan fingerprint density at radius 3 is 1.80 bits per heavy atom. The van der Waals surface area contributed by atoms with Gasteiger partial charge in [0, 0.05) is 51.4 Å². The fraction of sp³-hybridized carbons (Fsp3) is 0.152. The largest absolute Gasteiger partial charge is 0.398 e. The molecule has 0 aliphatic rings. The minimum atomic E-state index is 0.559. The zero-order chi connectivity index (χ0) is 28.3. The number of benzene rings is 4. The van der Waals surface area contributed by atoms with E-state index in [2.05, 4.69) is 53.4 Å². The van der Waals surface area contributed by atoms with E-state index in [-0.39, 0.29) is 0 Å². The molecule has 5 nitrogen and oxygen atoms in total. The lowest BCUT2D eigenvalue weighted by Crippen LogP contribution is -2.28. The number of thioether (sulfide) groups is 2. The van der Waals surface area contributed by atoms with Gasteiger partial charge in [-0.3, -0.25) is 0 Å². The summed E-state index contributed by atoms with van der Waals surface area (Å²) < 4.78 is 0. The molecule has 7 heteroatoms. The lowest BCUT2D eigenvalue weighted by Gasteiger charge is -2.25. The minimum absolute atomic E-state index is 0.559. The van der Waals surface area contributed by atoms with Crippen LogP contribution in [0.15, 0.2) is 94.7 Å². The molecule has 40 heavy (non-hydrogen) atoms. The Hall–Kier alpha value is -4.30. The predicted octanol–water partition coefficient (Wildman–Crippen LogP) is 7.46. The van der Waals surface area contributed by atoms with Crippen molar-refractivity contribution < 1.29 is 0 Å². The molecule has 4 aromatic rings. The van der Waals surface area contributed by atoms with Gasteiger partial charge in [0.2, 0.25) is 0 Å². The van der Waals surface area contributed by atoms with E-state index < -0.39 is 0 Å². The van der Waals surface area contributed by atoms with Crippen LogP contribution in [0.5, 0.6) is 0 Å². The Kier molecular flexibility index (Phi) is 10.2. The quantitative estimate of drug-likeness (QED) is 0.111. The fourth-order valence-corrected chi connectivity index (χ4v) is 6.07. The third kappa shape index (κ3) is 7.64. The molecule has 0 saturated carbocycles. The van der Waals surface area contributed by atoms with E-state index in [9.17, 15) is 10.5 Å². The highest BCUT2D eigenvalue weighted by Gasteiger charge is 2.10. The Morgan fingerprint density at radius 2 is 1.27 bits per heavy atom. The van der Waals surface area contributed by atoms with Gasteiger partial charge in [-0.1, -0.05) is 48.6 Å². The van der Waals surface area contributed by atoms with Gasteiger partial charge in [-0.05, 0) is 72.1 Å². The van der Waals surface area contributed by atoms with Crippen LogP contribution in [0, 0.1) is 29.6 Å². The van der Waals surface area contributed by atoms with Gasteiger partial charge in [0.1, 0.15) is 0 Å². The first-order valence-electron chi connectivity index (χ1n) is 12.9. The smallest absolute Gasteiger partial charge is 0.0998 e. The van der Waals surface area contributed by atoms with Crippen molar-refractivity contribution in [3.8, 4) is 12.1 Å². The first kappa shape index (κ1) is 28.7. The van der Waals surface area contributed by atoms with Crippen LogP contribution in [-0.4, -0.2) is 24.6 Å². The number of para-hydroxylation sites is 2. The summed E-state index contributed by atoms with van der Waals surface area (Å²) in [6.07, 6.45) is 3.87.